The van der Waals surface area contributed by atoms with Crippen LogP contribution in [0.5, 0.6) is 0 Å². The Morgan fingerprint density at radius 2 is 2.05 bits per heavy atom. The average Bonchev–Trinajstić information content (AvgIpc) is 2.92. The minimum Gasteiger partial charge on any atom is -0.387 e. The molecule has 2 aliphatic rings. The summed E-state index contributed by atoms with van der Waals surface area (Å²) in [7, 11) is -3.85. The van der Waals surface area contributed by atoms with E-state index >= 15 is 0 Å². The SMILES string of the molecule is NC1=C(C(=O)N2CCc3ccccc32)C=NS1(=O)=O. The smallest absolute Gasteiger partial charge is 0.298 e. The largest absolute Gasteiger partial charge is 0.387 e. The Hall–Kier alpha value is -2.15. The number of nitrogens with zero attached hydrogens (tertiary/aromatic N) is 2. The second-order valence-electron chi connectivity index (χ2n) is 4.32. The zero-order chi connectivity index (χ0) is 13.6. The fraction of sp³-hybridized carbons (Fsp3) is 0.167. The van der Waals surface area contributed by atoms with Gasteiger partial charge in [0.15, 0.2) is 5.03 Å². The number of fused-ring (bicyclic) bond motifs is 1. The number of rotatable bonds is 1. The molecule has 7 heteroatoms. The van der Waals surface area contributed by atoms with Gasteiger partial charge in [-0.3, -0.25) is 4.79 Å². The highest BCUT2D eigenvalue weighted by Crippen LogP contribution is 2.29. The van der Waals surface area contributed by atoms with Crippen molar-refractivity contribution in [2.75, 3.05) is 11.4 Å². The zero-order valence-electron chi connectivity index (χ0n) is 9.91. The van der Waals surface area contributed by atoms with Crippen molar-refractivity contribution in [2.45, 2.75) is 6.42 Å². The van der Waals surface area contributed by atoms with Crippen molar-refractivity contribution in [3.05, 3.63) is 40.4 Å². The molecular formula is C12H11N3O3S. The fourth-order valence-electron chi connectivity index (χ4n) is 2.24. The monoisotopic (exact) mass is 277 g/mol. The topological polar surface area (TPSA) is 92.8 Å². The molecule has 2 aliphatic heterocycles. The summed E-state index contributed by atoms with van der Waals surface area (Å²) < 4.78 is 26.1. The van der Waals surface area contributed by atoms with E-state index in [1.165, 1.54) is 4.90 Å². The first-order valence-corrected chi connectivity index (χ1v) is 7.14. The Morgan fingerprint density at radius 3 is 2.74 bits per heavy atom. The summed E-state index contributed by atoms with van der Waals surface area (Å²) in [6.45, 7) is 0.517. The highest BCUT2D eigenvalue weighted by Gasteiger charge is 2.33. The molecule has 1 amide bonds. The Bertz CT molecular complexity index is 734. The number of carbonyl (C=O) groups is 1. The molecular weight excluding hydrogens is 266 g/mol. The quantitative estimate of drug-likeness (QED) is 0.791. The van der Waals surface area contributed by atoms with Crippen molar-refractivity contribution in [3.8, 4) is 0 Å². The number of anilines is 1. The van der Waals surface area contributed by atoms with Gasteiger partial charge in [-0.25, -0.2) is 0 Å². The van der Waals surface area contributed by atoms with Crippen LogP contribution in [0.25, 0.3) is 0 Å². The van der Waals surface area contributed by atoms with E-state index < -0.39 is 21.0 Å². The van der Waals surface area contributed by atoms with E-state index in [0.29, 0.717) is 6.54 Å². The third-order valence-electron chi connectivity index (χ3n) is 3.23. The van der Waals surface area contributed by atoms with E-state index in [1.54, 1.807) is 0 Å². The molecule has 6 nitrogen and oxygen atoms in total. The third kappa shape index (κ3) is 1.74. The molecule has 0 fully saturated rings. The van der Waals surface area contributed by atoms with Crippen LogP contribution >= 0.6 is 0 Å². The lowest BCUT2D eigenvalue weighted by molar-refractivity contribution is -0.114. The summed E-state index contributed by atoms with van der Waals surface area (Å²) in [6.07, 6.45) is 1.77. The molecule has 19 heavy (non-hydrogen) atoms. The standard InChI is InChI=1S/C12H11N3O3S/c13-11-9(7-14-19(11,17)18)12(16)15-6-5-8-3-1-2-4-10(8)15/h1-4,7H,5-6,13H2. The van der Waals surface area contributed by atoms with Crippen molar-refractivity contribution in [1.29, 1.82) is 0 Å². The predicted octanol–water partition coefficient (Wildman–Crippen LogP) is 0.160. The Labute approximate surface area is 110 Å². The molecule has 2 N–H and O–H groups in total. The summed E-state index contributed by atoms with van der Waals surface area (Å²) in [6, 6.07) is 7.51. The molecule has 0 radical (unpaired) electrons. The van der Waals surface area contributed by atoms with Crippen molar-refractivity contribution in [1.82, 2.24) is 0 Å². The van der Waals surface area contributed by atoms with Gasteiger partial charge in [-0.05, 0) is 18.1 Å². The minimum absolute atomic E-state index is 0.0586. The maximum Gasteiger partial charge on any atom is 0.298 e. The van der Waals surface area contributed by atoms with Gasteiger partial charge in [0.2, 0.25) is 0 Å². The van der Waals surface area contributed by atoms with Crippen LogP contribution in [0, 0.1) is 0 Å². The second-order valence-corrected chi connectivity index (χ2v) is 5.92. The van der Waals surface area contributed by atoms with Crippen LogP contribution < -0.4 is 10.6 Å². The van der Waals surface area contributed by atoms with Gasteiger partial charge in [0.05, 0.1) is 11.8 Å². The Morgan fingerprint density at radius 1 is 1.32 bits per heavy atom. The number of benzene rings is 1. The first-order chi connectivity index (χ1) is 9.00. The Kier molecular flexibility index (Phi) is 2.46. The van der Waals surface area contributed by atoms with Crippen LogP contribution in [-0.4, -0.2) is 27.1 Å². The van der Waals surface area contributed by atoms with Gasteiger partial charge in [0.1, 0.15) is 0 Å². The van der Waals surface area contributed by atoms with Crippen molar-refractivity contribution in [2.24, 2.45) is 10.1 Å². The van der Waals surface area contributed by atoms with Crippen LogP contribution in [0.1, 0.15) is 5.56 Å². The maximum atomic E-state index is 12.3. The zero-order valence-corrected chi connectivity index (χ0v) is 10.7. The van der Waals surface area contributed by atoms with Crippen LogP contribution in [-0.2, 0) is 21.2 Å². The summed E-state index contributed by atoms with van der Waals surface area (Å²) in [5, 5.41) is -0.470. The minimum atomic E-state index is -3.85. The molecule has 2 heterocycles. The first kappa shape index (κ1) is 11.9. The van der Waals surface area contributed by atoms with E-state index in [0.717, 1.165) is 23.9 Å². The van der Waals surface area contributed by atoms with E-state index in [-0.39, 0.29) is 5.57 Å². The summed E-state index contributed by atoms with van der Waals surface area (Å²) in [4.78, 5) is 13.9. The van der Waals surface area contributed by atoms with Gasteiger partial charge < -0.3 is 10.6 Å². The number of hydrogen-bond donors (Lipinski definition) is 1. The lowest BCUT2D eigenvalue weighted by Gasteiger charge is -2.17. The second kappa shape index (κ2) is 3.92. The molecule has 0 saturated heterocycles. The maximum absolute atomic E-state index is 12.3. The Balaban J connectivity index is 2.01. The molecule has 0 unspecified atom stereocenters. The molecule has 98 valence electrons. The number of amides is 1. The molecule has 0 spiro atoms. The molecule has 0 atom stereocenters. The predicted molar refractivity (Wildman–Crippen MR) is 71.1 cm³/mol. The molecule has 0 aliphatic carbocycles. The number of hydrogen-bond acceptors (Lipinski definition) is 4. The molecule has 0 bridgehead atoms. The van der Waals surface area contributed by atoms with Crippen LogP contribution in [0.3, 0.4) is 0 Å². The van der Waals surface area contributed by atoms with E-state index in [9.17, 15) is 13.2 Å². The average molecular weight is 277 g/mol. The van der Waals surface area contributed by atoms with Crippen LogP contribution in [0.4, 0.5) is 5.69 Å². The van der Waals surface area contributed by atoms with Gasteiger partial charge in [-0.2, -0.15) is 12.8 Å². The molecule has 0 saturated carbocycles. The normalized spacial score (nSPS) is 19.9. The summed E-state index contributed by atoms with van der Waals surface area (Å²) in [5.74, 6) is -0.424. The van der Waals surface area contributed by atoms with Crippen molar-refractivity contribution < 1.29 is 13.2 Å². The van der Waals surface area contributed by atoms with Gasteiger partial charge in [-0.1, -0.05) is 18.2 Å². The molecule has 0 aromatic heterocycles. The van der Waals surface area contributed by atoms with Gasteiger partial charge in [0, 0.05) is 12.2 Å². The van der Waals surface area contributed by atoms with E-state index in [4.69, 9.17) is 5.73 Å². The molecule has 1 aromatic carbocycles. The van der Waals surface area contributed by atoms with Crippen LogP contribution in [0.2, 0.25) is 0 Å². The number of sulfonamides is 1. The fourth-order valence-corrected chi connectivity index (χ4v) is 3.01. The van der Waals surface area contributed by atoms with E-state index in [1.807, 2.05) is 24.3 Å². The third-order valence-corrected chi connectivity index (χ3v) is 4.39. The molecule has 3 rings (SSSR count). The van der Waals surface area contributed by atoms with Gasteiger partial charge >= 0.3 is 0 Å². The first-order valence-electron chi connectivity index (χ1n) is 5.70. The van der Waals surface area contributed by atoms with E-state index in [2.05, 4.69) is 4.40 Å². The lowest BCUT2D eigenvalue weighted by Crippen LogP contribution is -2.31. The number of nitrogens with two attached hydrogens (primary N) is 1. The highest BCUT2D eigenvalue weighted by molar-refractivity contribution is 7.94. The van der Waals surface area contributed by atoms with Crippen LogP contribution in [0.15, 0.2) is 39.3 Å². The van der Waals surface area contributed by atoms with Crippen molar-refractivity contribution >= 4 is 27.8 Å². The number of para-hydroxylation sites is 1. The lowest BCUT2D eigenvalue weighted by atomic mass is 10.2. The number of carbonyl (C=O) groups excluding carboxylic acids is 1. The summed E-state index contributed by atoms with van der Waals surface area (Å²) in [5.41, 5.74) is 7.27. The van der Waals surface area contributed by atoms with Gasteiger partial charge in [0.25, 0.3) is 15.9 Å². The summed E-state index contributed by atoms with van der Waals surface area (Å²) >= 11 is 0. The molecule has 1 aromatic rings. The highest BCUT2D eigenvalue weighted by atomic mass is 32.2. The van der Waals surface area contributed by atoms with Gasteiger partial charge in [-0.15, -0.1) is 0 Å². The van der Waals surface area contributed by atoms with Crippen molar-refractivity contribution in [3.63, 3.8) is 0 Å².